The minimum absolute atomic E-state index is 0.0924. The van der Waals surface area contributed by atoms with Gasteiger partial charge >= 0.3 is 0 Å². The van der Waals surface area contributed by atoms with E-state index in [0.717, 1.165) is 28.8 Å². The Morgan fingerprint density at radius 3 is 2.87 bits per heavy atom. The Morgan fingerprint density at radius 2 is 2.09 bits per heavy atom. The number of H-pyrrole nitrogens is 1. The molecule has 5 nitrogen and oxygen atoms in total. The van der Waals surface area contributed by atoms with Crippen LogP contribution in [0.25, 0.3) is 11.3 Å². The molecule has 1 aromatic carbocycles. The summed E-state index contributed by atoms with van der Waals surface area (Å²) in [5, 5.41) is 9.81. The van der Waals surface area contributed by atoms with Crippen LogP contribution in [0.3, 0.4) is 0 Å². The molecule has 2 N–H and O–H groups in total. The second-order valence-electron chi connectivity index (χ2n) is 5.23. The molecule has 0 saturated heterocycles. The third-order valence-corrected chi connectivity index (χ3v) is 3.76. The zero-order valence-electron chi connectivity index (χ0n) is 12.9. The number of hydrogen-bond acceptors (Lipinski definition) is 3. The Balaban J connectivity index is 1.72. The van der Waals surface area contributed by atoms with E-state index in [-0.39, 0.29) is 5.91 Å². The van der Waals surface area contributed by atoms with E-state index in [4.69, 9.17) is 0 Å². The number of hydrogen-bond donors (Lipinski definition) is 2. The van der Waals surface area contributed by atoms with Gasteiger partial charge in [-0.05, 0) is 41.8 Å². The van der Waals surface area contributed by atoms with Crippen molar-refractivity contribution in [2.45, 2.75) is 19.9 Å². The van der Waals surface area contributed by atoms with E-state index < -0.39 is 0 Å². The average Bonchev–Trinajstić information content (AvgIpc) is 3.14. The highest BCUT2D eigenvalue weighted by atomic mass is 16.1. The number of rotatable bonds is 5. The topological polar surface area (TPSA) is 70.7 Å². The zero-order chi connectivity index (χ0) is 16.1. The number of nitrogens with one attached hydrogen (secondary N) is 2. The van der Waals surface area contributed by atoms with E-state index in [2.05, 4.69) is 27.4 Å². The van der Waals surface area contributed by atoms with Gasteiger partial charge in [-0.3, -0.25) is 14.9 Å². The monoisotopic (exact) mass is 306 g/mol. The first-order valence-electron chi connectivity index (χ1n) is 7.57. The van der Waals surface area contributed by atoms with Crippen molar-refractivity contribution in [3.8, 4) is 11.3 Å². The fourth-order valence-corrected chi connectivity index (χ4v) is 2.47. The van der Waals surface area contributed by atoms with Gasteiger partial charge in [0.25, 0.3) is 5.91 Å². The first-order valence-corrected chi connectivity index (χ1v) is 7.57. The van der Waals surface area contributed by atoms with E-state index in [9.17, 15) is 4.79 Å². The fourth-order valence-electron chi connectivity index (χ4n) is 2.47. The molecule has 0 spiro atoms. The molecule has 5 heteroatoms. The van der Waals surface area contributed by atoms with Crippen LogP contribution in [0.2, 0.25) is 0 Å². The highest BCUT2D eigenvalue weighted by Gasteiger charge is 2.08. The first kappa shape index (κ1) is 15.0. The van der Waals surface area contributed by atoms with Crippen LogP contribution in [0.15, 0.2) is 55.0 Å². The molecule has 0 radical (unpaired) electrons. The summed E-state index contributed by atoms with van der Waals surface area (Å²) < 4.78 is 0. The molecule has 0 atom stereocenters. The lowest BCUT2D eigenvalue weighted by Crippen LogP contribution is -2.23. The predicted octanol–water partition coefficient (Wildman–Crippen LogP) is 2.96. The molecule has 23 heavy (non-hydrogen) atoms. The standard InChI is InChI=1S/C18H18N4O/c1-2-13-11-19-8-6-16(13)12-20-18(23)15-5-3-4-14(10-15)17-7-9-21-22-17/h3-11H,2,12H2,1H3,(H,20,23)(H,21,22). The van der Waals surface area contributed by atoms with Crippen LogP contribution >= 0.6 is 0 Å². The number of aromatic nitrogens is 3. The fraction of sp³-hybridized carbons (Fsp3) is 0.167. The van der Waals surface area contributed by atoms with Crippen molar-refractivity contribution in [1.82, 2.24) is 20.5 Å². The summed E-state index contributed by atoms with van der Waals surface area (Å²) in [5.74, 6) is -0.0924. The minimum atomic E-state index is -0.0924. The summed E-state index contributed by atoms with van der Waals surface area (Å²) in [6.07, 6.45) is 6.19. The van der Waals surface area contributed by atoms with Crippen molar-refractivity contribution >= 4 is 5.91 Å². The van der Waals surface area contributed by atoms with Crippen LogP contribution in [-0.4, -0.2) is 21.1 Å². The Kier molecular flexibility index (Phi) is 4.47. The van der Waals surface area contributed by atoms with Gasteiger partial charge in [-0.25, -0.2) is 0 Å². The van der Waals surface area contributed by atoms with Gasteiger partial charge in [0.2, 0.25) is 0 Å². The van der Waals surface area contributed by atoms with Gasteiger partial charge in [0.05, 0.1) is 5.69 Å². The number of carbonyl (C=O) groups is 1. The predicted molar refractivity (Wildman–Crippen MR) is 88.8 cm³/mol. The summed E-state index contributed by atoms with van der Waals surface area (Å²) in [4.78, 5) is 16.5. The summed E-state index contributed by atoms with van der Waals surface area (Å²) in [6, 6.07) is 11.3. The Morgan fingerprint density at radius 1 is 1.17 bits per heavy atom. The van der Waals surface area contributed by atoms with Crippen molar-refractivity contribution in [2.24, 2.45) is 0 Å². The molecule has 116 valence electrons. The quantitative estimate of drug-likeness (QED) is 0.761. The highest BCUT2D eigenvalue weighted by Crippen LogP contribution is 2.17. The van der Waals surface area contributed by atoms with Crippen LogP contribution in [0.5, 0.6) is 0 Å². The van der Waals surface area contributed by atoms with E-state index in [1.807, 2.05) is 42.6 Å². The van der Waals surface area contributed by atoms with Crippen LogP contribution < -0.4 is 5.32 Å². The summed E-state index contributed by atoms with van der Waals surface area (Å²) >= 11 is 0. The molecule has 0 aliphatic rings. The van der Waals surface area contributed by atoms with E-state index in [0.29, 0.717) is 12.1 Å². The summed E-state index contributed by atoms with van der Waals surface area (Å²) in [6.45, 7) is 2.58. The van der Waals surface area contributed by atoms with Crippen molar-refractivity contribution in [1.29, 1.82) is 0 Å². The number of amides is 1. The van der Waals surface area contributed by atoms with E-state index in [1.54, 1.807) is 12.4 Å². The second-order valence-corrected chi connectivity index (χ2v) is 5.23. The molecule has 1 amide bonds. The third kappa shape index (κ3) is 3.45. The average molecular weight is 306 g/mol. The molecule has 3 rings (SSSR count). The van der Waals surface area contributed by atoms with Gasteiger partial charge in [-0.2, -0.15) is 5.10 Å². The Bertz CT molecular complexity index is 796. The largest absolute Gasteiger partial charge is 0.348 e. The van der Waals surface area contributed by atoms with Gasteiger partial charge in [-0.1, -0.05) is 19.1 Å². The Labute approximate surface area is 134 Å². The number of pyridine rings is 1. The molecule has 0 aliphatic carbocycles. The van der Waals surface area contributed by atoms with Crippen LogP contribution in [0.1, 0.15) is 28.4 Å². The molecular formula is C18H18N4O. The maximum atomic E-state index is 12.4. The molecular weight excluding hydrogens is 288 g/mol. The van der Waals surface area contributed by atoms with Gasteiger partial charge in [0.1, 0.15) is 0 Å². The second kappa shape index (κ2) is 6.87. The lowest BCUT2D eigenvalue weighted by molar-refractivity contribution is 0.0951. The number of benzene rings is 1. The molecule has 0 unspecified atom stereocenters. The third-order valence-electron chi connectivity index (χ3n) is 3.76. The first-order chi connectivity index (χ1) is 11.3. The lowest BCUT2D eigenvalue weighted by atomic mass is 10.1. The van der Waals surface area contributed by atoms with E-state index in [1.165, 1.54) is 0 Å². The maximum absolute atomic E-state index is 12.4. The maximum Gasteiger partial charge on any atom is 0.251 e. The van der Waals surface area contributed by atoms with Gasteiger partial charge in [0, 0.05) is 36.3 Å². The van der Waals surface area contributed by atoms with Crippen molar-refractivity contribution in [3.63, 3.8) is 0 Å². The zero-order valence-corrected chi connectivity index (χ0v) is 12.9. The molecule has 0 saturated carbocycles. The molecule has 0 fully saturated rings. The summed E-state index contributed by atoms with van der Waals surface area (Å²) in [7, 11) is 0. The summed E-state index contributed by atoms with van der Waals surface area (Å²) in [5.41, 5.74) is 4.71. The van der Waals surface area contributed by atoms with Crippen LogP contribution in [0, 0.1) is 0 Å². The number of aryl methyl sites for hydroxylation is 1. The molecule has 3 aromatic rings. The van der Waals surface area contributed by atoms with Crippen LogP contribution in [-0.2, 0) is 13.0 Å². The normalized spacial score (nSPS) is 10.5. The van der Waals surface area contributed by atoms with Crippen molar-refractivity contribution < 1.29 is 4.79 Å². The SMILES string of the molecule is CCc1cnccc1CNC(=O)c1cccc(-c2ccn[nH]2)c1. The highest BCUT2D eigenvalue weighted by molar-refractivity contribution is 5.95. The number of aromatic amines is 1. The van der Waals surface area contributed by atoms with Gasteiger partial charge < -0.3 is 5.32 Å². The van der Waals surface area contributed by atoms with Gasteiger partial charge in [0.15, 0.2) is 0 Å². The number of nitrogens with zero attached hydrogens (tertiary/aromatic N) is 2. The molecule has 2 heterocycles. The minimum Gasteiger partial charge on any atom is -0.348 e. The lowest BCUT2D eigenvalue weighted by Gasteiger charge is -2.09. The number of carbonyl (C=O) groups excluding carboxylic acids is 1. The Hall–Kier alpha value is -2.95. The molecule has 0 bridgehead atoms. The van der Waals surface area contributed by atoms with Gasteiger partial charge in [-0.15, -0.1) is 0 Å². The molecule has 2 aromatic heterocycles. The van der Waals surface area contributed by atoms with Crippen molar-refractivity contribution in [3.05, 3.63) is 71.7 Å². The van der Waals surface area contributed by atoms with E-state index >= 15 is 0 Å². The van der Waals surface area contributed by atoms with Crippen LogP contribution in [0.4, 0.5) is 0 Å². The van der Waals surface area contributed by atoms with Crippen molar-refractivity contribution in [2.75, 3.05) is 0 Å². The molecule has 0 aliphatic heterocycles. The smallest absolute Gasteiger partial charge is 0.251 e.